The maximum Gasteiger partial charge on any atom is 0.349 e. The van der Waals surface area contributed by atoms with E-state index in [0.29, 0.717) is 22.5 Å². The summed E-state index contributed by atoms with van der Waals surface area (Å²) in [5.41, 5.74) is -0.149. The SMILES string of the molecule is CC(C)C1C=CCN1C(=O)c1cc2cc(Cl)ccc2oc1=O. The van der Waals surface area contributed by atoms with E-state index in [0.717, 1.165) is 0 Å². The second kappa shape index (κ2) is 5.61. The fraction of sp³-hybridized carbons (Fsp3) is 0.294. The van der Waals surface area contributed by atoms with Crippen LogP contribution in [-0.4, -0.2) is 23.4 Å². The number of fused-ring (bicyclic) bond motifs is 1. The average molecular weight is 318 g/mol. The Morgan fingerprint density at radius 2 is 2.14 bits per heavy atom. The van der Waals surface area contributed by atoms with Crippen molar-refractivity contribution < 1.29 is 9.21 Å². The van der Waals surface area contributed by atoms with Crippen LogP contribution in [0.2, 0.25) is 5.02 Å². The third kappa shape index (κ3) is 2.55. The number of carbonyl (C=O) groups is 1. The first-order valence-electron chi connectivity index (χ1n) is 7.18. The van der Waals surface area contributed by atoms with Gasteiger partial charge in [0.25, 0.3) is 5.91 Å². The Kier molecular flexibility index (Phi) is 3.79. The Morgan fingerprint density at radius 1 is 1.36 bits per heavy atom. The van der Waals surface area contributed by atoms with Crippen LogP contribution in [0.1, 0.15) is 24.2 Å². The Balaban J connectivity index is 2.04. The van der Waals surface area contributed by atoms with Crippen molar-refractivity contribution in [2.24, 2.45) is 5.92 Å². The molecule has 1 atom stereocenters. The monoisotopic (exact) mass is 317 g/mol. The van der Waals surface area contributed by atoms with E-state index >= 15 is 0 Å². The maximum atomic E-state index is 12.7. The first-order valence-corrected chi connectivity index (χ1v) is 7.56. The summed E-state index contributed by atoms with van der Waals surface area (Å²) in [5.74, 6) is -0.0241. The van der Waals surface area contributed by atoms with Crippen molar-refractivity contribution in [3.8, 4) is 0 Å². The smallest absolute Gasteiger partial charge is 0.349 e. The molecule has 114 valence electrons. The van der Waals surface area contributed by atoms with Crippen molar-refractivity contribution >= 4 is 28.5 Å². The van der Waals surface area contributed by atoms with Crippen LogP contribution in [0, 0.1) is 5.92 Å². The van der Waals surface area contributed by atoms with Gasteiger partial charge in [-0.2, -0.15) is 0 Å². The number of hydrogen-bond donors (Lipinski definition) is 0. The number of halogens is 1. The molecule has 5 heteroatoms. The van der Waals surface area contributed by atoms with Gasteiger partial charge in [0.05, 0.1) is 6.04 Å². The van der Waals surface area contributed by atoms with Crippen LogP contribution in [0.5, 0.6) is 0 Å². The minimum absolute atomic E-state index is 0.00181. The van der Waals surface area contributed by atoms with E-state index in [1.54, 1.807) is 29.2 Å². The van der Waals surface area contributed by atoms with E-state index in [1.165, 1.54) is 0 Å². The van der Waals surface area contributed by atoms with E-state index in [4.69, 9.17) is 16.0 Å². The molecule has 22 heavy (non-hydrogen) atoms. The zero-order chi connectivity index (χ0) is 15.9. The molecule has 0 N–H and O–H groups in total. The van der Waals surface area contributed by atoms with Gasteiger partial charge in [0.1, 0.15) is 11.1 Å². The first-order chi connectivity index (χ1) is 10.5. The average Bonchev–Trinajstić information content (AvgIpc) is 2.96. The summed E-state index contributed by atoms with van der Waals surface area (Å²) in [4.78, 5) is 26.5. The highest BCUT2D eigenvalue weighted by Crippen LogP contribution is 2.22. The molecular weight excluding hydrogens is 302 g/mol. The number of carbonyl (C=O) groups excluding carboxylic acids is 1. The molecule has 0 fully saturated rings. The second-order valence-corrected chi connectivity index (χ2v) is 6.19. The van der Waals surface area contributed by atoms with Gasteiger partial charge in [0.2, 0.25) is 0 Å². The second-order valence-electron chi connectivity index (χ2n) is 5.75. The molecule has 1 amide bonds. The van der Waals surface area contributed by atoms with Crippen LogP contribution in [0.3, 0.4) is 0 Å². The normalized spacial score (nSPS) is 17.6. The van der Waals surface area contributed by atoms with E-state index < -0.39 is 5.63 Å². The van der Waals surface area contributed by atoms with Crippen LogP contribution < -0.4 is 5.63 Å². The molecule has 2 heterocycles. The molecule has 0 saturated heterocycles. The largest absolute Gasteiger partial charge is 0.422 e. The van der Waals surface area contributed by atoms with Gasteiger partial charge in [0, 0.05) is 17.0 Å². The van der Waals surface area contributed by atoms with Crippen molar-refractivity contribution in [2.45, 2.75) is 19.9 Å². The zero-order valence-corrected chi connectivity index (χ0v) is 13.1. The molecule has 1 aromatic carbocycles. The van der Waals surface area contributed by atoms with Gasteiger partial charge in [-0.25, -0.2) is 4.79 Å². The minimum atomic E-state index is -0.616. The van der Waals surface area contributed by atoms with Crippen LogP contribution in [-0.2, 0) is 0 Å². The quantitative estimate of drug-likeness (QED) is 0.629. The lowest BCUT2D eigenvalue weighted by Gasteiger charge is -2.27. The summed E-state index contributed by atoms with van der Waals surface area (Å²) in [7, 11) is 0. The van der Waals surface area contributed by atoms with E-state index in [-0.39, 0.29) is 23.4 Å². The topological polar surface area (TPSA) is 50.5 Å². The van der Waals surface area contributed by atoms with Gasteiger partial charge in [-0.05, 0) is 30.2 Å². The molecule has 1 aliphatic rings. The minimum Gasteiger partial charge on any atom is -0.422 e. The summed E-state index contributed by atoms with van der Waals surface area (Å²) < 4.78 is 5.24. The van der Waals surface area contributed by atoms with Gasteiger partial charge < -0.3 is 9.32 Å². The Hall–Kier alpha value is -2.07. The Morgan fingerprint density at radius 3 is 2.86 bits per heavy atom. The number of benzene rings is 1. The lowest BCUT2D eigenvalue weighted by molar-refractivity contribution is 0.0716. The number of amides is 1. The number of nitrogens with zero attached hydrogens (tertiary/aromatic N) is 1. The van der Waals surface area contributed by atoms with Crippen molar-refractivity contribution in [2.75, 3.05) is 6.54 Å². The predicted octanol–water partition coefficient (Wildman–Crippen LogP) is 3.48. The molecule has 0 aliphatic carbocycles. The van der Waals surface area contributed by atoms with Gasteiger partial charge in [-0.3, -0.25) is 4.79 Å². The molecule has 0 radical (unpaired) electrons. The molecule has 0 bridgehead atoms. The highest BCUT2D eigenvalue weighted by atomic mass is 35.5. The first kappa shape index (κ1) is 14.9. The van der Waals surface area contributed by atoms with E-state index in [9.17, 15) is 9.59 Å². The third-order valence-corrected chi connectivity index (χ3v) is 4.10. The Bertz CT molecular complexity index is 822. The third-order valence-electron chi connectivity index (χ3n) is 3.86. The van der Waals surface area contributed by atoms with Crippen molar-refractivity contribution in [1.29, 1.82) is 0 Å². The lowest BCUT2D eigenvalue weighted by Crippen LogP contribution is -2.40. The molecule has 0 spiro atoms. The molecule has 1 aliphatic heterocycles. The summed E-state index contributed by atoms with van der Waals surface area (Å²) in [5, 5.41) is 1.17. The fourth-order valence-electron chi connectivity index (χ4n) is 2.74. The van der Waals surface area contributed by atoms with Crippen LogP contribution in [0.15, 0.2) is 45.6 Å². The van der Waals surface area contributed by atoms with Gasteiger partial charge in [-0.1, -0.05) is 37.6 Å². The zero-order valence-electron chi connectivity index (χ0n) is 12.4. The van der Waals surface area contributed by atoms with Crippen molar-refractivity contribution in [1.82, 2.24) is 4.90 Å². The lowest BCUT2D eigenvalue weighted by atomic mass is 10.0. The Labute approximate surface area is 133 Å². The maximum absolute atomic E-state index is 12.7. The molecular formula is C17H16ClNO3. The molecule has 2 aromatic rings. The standard InChI is InChI=1S/C17H16ClNO3/c1-10(2)14-4-3-7-19(14)16(20)13-9-11-8-12(18)5-6-15(11)22-17(13)21/h3-6,8-10,14H,7H2,1-2H3. The fourth-order valence-corrected chi connectivity index (χ4v) is 2.92. The highest BCUT2D eigenvalue weighted by Gasteiger charge is 2.29. The molecule has 1 unspecified atom stereocenters. The number of rotatable bonds is 2. The van der Waals surface area contributed by atoms with Crippen LogP contribution in [0.4, 0.5) is 0 Å². The van der Waals surface area contributed by atoms with E-state index in [2.05, 4.69) is 0 Å². The summed E-state index contributed by atoms with van der Waals surface area (Å²) in [6.07, 6.45) is 3.95. The summed E-state index contributed by atoms with van der Waals surface area (Å²) in [6, 6.07) is 6.51. The molecule has 3 rings (SSSR count). The van der Waals surface area contributed by atoms with Gasteiger partial charge in [-0.15, -0.1) is 0 Å². The molecule has 0 saturated carbocycles. The van der Waals surface area contributed by atoms with Crippen LogP contribution >= 0.6 is 11.6 Å². The van der Waals surface area contributed by atoms with E-state index in [1.807, 2.05) is 26.0 Å². The van der Waals surface area contributed by atoms with Crippen molar-refractivity contribution in [3.05, 3.63) is 57.4 Å². The van der Waals surface area contributed by atoms with Crippen molar-refractivity contribution in [3.63, 3.8) is 0 Å². The highest BCUT2D eigenvalue weighted by molar-refractivity contribution is 6.31. The predicted molar refractivity (Wildman–Crippen MR) is 86.3 cm³/mol. The van der Waals surface area contributed by atoms with Crippen LogP contribution in [0.25, 0.3) is 11.0 Å². The van der Waals surface area contributed by atoms with Gasteiger partial charge >= 0.3 is 5.63 Å². The summed E-state index contributed by atoms with van der Waals surface area (Å²) >= 11 is 5.96. The molecule has 1 aromatic heterocycles. The molecule has 4 nitrogen and oxygen atoms in total. The number of hydrogen-bond acceptors (Lipinski definition) is 3. The summed E-state index contributed by atoms with van der Waals surface area (Å²) in [6.45, 7) is 4.60. The van der Waals surface area contributed by atoms with Gasteiger partial charge in [0.15, 0.2) is 0 Å².